The van der Waals surface area contributed by atoms with Crippen LogP contribution in [0.25, 0.3) is 0 Å². The Morgan fingerprint density at radius 2 is 0.750 bits per heavy atom. The van der Waals surface area contributed by atoms with E-state index in [-0.39, 0.29) is 50.9 Å². The molecule has 0 spiro atoms. The topological polar surface area (TPSA) is 7.76 Å². The quantitative estimate of drug-likeness (QED) is 0.0765. The van der Waals surface area contributed by atoms with Gasteiger partial charge in [-0.05, 0) is 71.9 Å². The number of nitrogens with zero attached hydrogens (tertiary/aromatic N) is 4. The van der Waals surface area contributed by atoms with Crippen LogP contribution < -0.4 is 60.1 Å². The van der Waals surface area contributed by atoms with Crippen molar-refractivity contribution in [3.63, 3.8) is 0 Å². The number of aromatic nitrogens is 2. The molecule has 2 heterocycles. The first-order valence-corrected chi connectivity index (χ1v) is 15.6. The second kappa shape index (κ2) is 23.2. The SMILES string of the molecule is CC[N+](CC)(CC)CCCC[n+]1ccc(CCCc2cc[n+](CCCC[N+](CC)(CC)CC)cc2)cc1.[Br-].[Br-].[Br-]. The van der Waals surface area contributed by atoms with E-state index in [9.17, 15) is 0 Å². The summed E-state index contributed by atoms with van der Waals surface area (Å²) in [6, 6.07) is 9.30. The lowest BCUT2D eigenvalue weighted by Gasteiger charge is -2.35. The van der Waals surface area contributed by atoms with Crippen LogP contribution in [0.2, 0.25) is 0 Å². The number of aryl methyl sites for hydroxylation is 4. The maximum Gasteiger partial charge on any atom is 0.169 e. The number of pyridine rings is 2. The van der Waals surface area contributed by atoms with Crippen molar-refractivity contribution >= 4 is 0 Å². The Bertz CT molecular complexity index is 763. The number of hydrogen-bond donors (Lipinski definition) is 0. The molecule has 40 heavy (non-hydrogen) atoms. The second-order valence-corrected chi connectivity index (χ2v) is 11.2. The fraction of sp³-hybridized carbons (Fsp3) is 0.697. The molecule has 232 valence electrons. The summed E-state index contributed by atoms with van der Waals surface area (Å²) in [6.45, 7) is 26.5. The van der Waals surface area contributed by atoms with Gasteiger partial charge in [-0.2, -0.15) is 0 Å². The monoisotopic (exact) mass is 749 g/mol. The molecule has 0 saturated heterocycles. The predicted molar refractivity (Wildman–Crippen MR) is 157 cm³/mol. The van der Waals surface area contributed by atoms with Gasteiger partial charge in [-0.25, -0.2) is 9.13 Å². The van der Waals surface area contributed by atoms with Crippen molar-refractivity contribution < 1.29 is 69.0 Å². The van der Waals surface area contributed by atoms with E-state index >= 15 is 0 Å². The van der Waals surface area contributed by atoms with E-state index in [4.69, 9.17) is 0 Å². The molecule has 0 unspecified atom stereocenters. The zero-order chi connectivity index (χ0) is 27.0. The van der Waals surface area contributed by atoms with Gasteiger partial charge in [0.05, 0.1) is 52.4 Å². The summed E-state index contributed by atoms with van der Waals surface area (Å²) in [5.74, 6) is 0. The Morgan fingerprint density at radius 1 is 0.450 bits per heavy atom. The van der Waals surface area contributed by atoms with Crippen molar-refractivity contribution in [2.45, 2.75) is 99.6 Å². The maximum atomic E-state index is 2.36. The highest BCUT2D eigenvalue weighted by Crippen LogP contribution is 2.10. The summed E-state index contributed by atoms with van der Waals surface area (Å²) < 4.78 is 7.26. The minimum absolute atomic E-state index is 0. The average molecular weight is 753 g/mol. The van der Waals surface area contributed by atoms with Crippen LogP contribution in [0.1, 0.15) is 84.8 Å². The van der Waals surface area contributed by atoms with Crippen molar-refractivity contribution in [2.24, 2.45) is 0 Å². The van der Waals surface area contributed by atoms with E-state index < -0.39 is 0 Å². The first kappa shape index (κ1) is 41.8. The Balaban J connectivity index is 0. The largest absolute Gasteiger partial charge is 1.00 e. The van der Waals surface area contributed by atoms with Gasteiger partial charge in [0.2, 0.25) is 0 Å². The third kappa shape index (κ3) is 14.2. The van der Waals surface area contributed by atoms with Gasteiger partial charge in [0.15, 0.2) is 24.8 Å². The molecule has 2 aromatic heterocycles. The predicted octanol–water partition coefficient (Wildman–Crippen LogP) is -3.24. The van der Waals surface area contributed by atoms with Crippen LogP contribution in [0.5, 0.6) is 0 Å². The summed E-state index contributed by atoms with van der Waals surface area (Å²) in [7, 11) is 0. The van der Waals surface area contributed by atoms with Crippen molar-refractivity contribution in [1.82, 2.24) is 0 Å². The molecule has 0 amide bonds. The molecule has 0 fully saturated rings. The summed E-state index contributed by atoms with van der Waals surface area (Å²) >= 11 is 0. The molecule has 7 heteroatoms. The van der Waals surface area contributed by atoms with Gasteiger partial charge in [0.25, 0.3) is 0 Å². The zero-order valence-corrected chi connectivity index (χ0v) is 31.3. The van der Waals surface area contributed by atoms with Crippen LogP contribution in [0.3, 0.4) is 0 Å². The van der Waals surface area contributed by atoms with Crippen LogP contribution in [0.4, 0.5) is 0 Å². The lowest BCUT2D eigenvalue weighted by atomic mass is 10.1. The van der Waals surface area contributed by atoms with Gasteiger partial charge in [-0.15, -0.1) is 0 Å². The van der Waals surface area contributed by atoms with Crippen molar-refractivity contribution in [3.05, 3.63) is 60.2 Å². The highest BCUT2D eigenvalue weighted by Gasteiger charge is 2.21. The van der Waals surface area contributed by atoms with Gasteiger partial charge in [0.1, 0.15) is 13.1 Å². The standard InChI is InChI=1S/C33H60N4.3BrH/c1-7-36(8-2,9-3)30-15-13-24-34-26-20-32(21-27-34)18-17-19-33-22-28-35(29-23-33)25-14-16-31-37(10-4,11-5)12-6;;;/h20-23,26-29H,7-19,24-25,30-31H2,1-6H3;3*1H/q+4;;;/p-3. The van der Waals surface area contributed by atoms with E-state index in [1.807, 2.05) is 0 Å². The van der Waals surface area contributed by atoms with Crippen LogP contribution in [0, 0.1) is 0 Å². The summed E-state index contributed by atoms with van der Waals surface area (Å²) in [5, 5.41) is 0. The highest BCUT2D eigenvalue weighted by molar-refractivity contribution is 5.10. The summed E-state index contributed by atoms with van der Waals surface area (Å²) in [6.07, 6.45) is 17.8. The van der Waals surface area contributed by atoms with Gasteiger partial charge in [-0.1, -0.05) is 0 Å². The normalized spacial score (nSPS) is 11.3. The smallest absolute Gasteiger partial charge is 0.169 e. The molecule has 0 atom stereocenters. The molecule has 2 aromatic rings. The molecule has 0 N–H and O–H groups in total. The fourth-order valence-electron chi connectivity index (χ4n) is 5.88. The lowest BCUT2D eigenvalue weighted by Crippen LogP contribution is -3.00. The first-order chi connectivity index (χ1) is 18.0. The number of halogens is 3. The molecule has 0 aliphatic rings. The second-order valence-electron chi connectivity index (χ2n) is 11.2. The van der Waals surface area contributed by atoms with Gasteiger partial charge in [-0.3, -0.25) is 0 Å². The van der Waals surface area contributed by atoms with Gasteiger partial charge >= 0.3 is 0 Å². The van der Waals surface area contributed by atoms with E-state index in [1.165, 1.54) is 105 Å². The summed E-state index contributed by atoms with van der Waals surface area (Å²) in [4.78, 5) is 0. The summed E-state index contributed by atoms with van der Waals surface area (Å²) in [5.41, 5.74) is 2.92. The van der Waals surface area contributed by atoms with E-state index in [1.54, 1.807) is 0 Å². The Labute approximate surface area is 279 Å². The van der Waals surface area contributed by atoms with Gasteiger partial charge < -0.3 is 59.9 Å². The van der Waals surface area contributed by atoms with Crippen LogP contribution in [-0.2, 0) is 25.9 Å². The maximum absolute atomic E-state index is 2.36. The third-order valence-corrected chi connectivity index (χ3v) is 9.47. The number of hydrogen-bond acceptors (Lipinski definition) is 0. The Morgan fingerprint density at radius 3 is 1.02 bits per heavy atom. The molecule has 0 saturated carbocycles. The highest BCUT2D eigenvalue weighted by atomic mass is 79.9. The zero-order valence-electron chi connectivity index (χ0n) is 26.6. The molecule has 0 aliphatic carbocycles. The lowest BCUT2D eigenvalue weighted by molar-refractivity contribution is -0.923. The molecule has 0 aromatic carbocycles. The molecule has 0 radical (unpaired) electrons. The van der Waals surface area contributed by atoms with E-state index in [0.717, 1.165) is 25.9 Å². The van der Waals surface area contributed by atoms with Gasteiger partial charge in [0, 0.05) is 49.9 Å². The third-order valence-electron chi connectivity index (χ3n) is 9.47. The number of quaternary nitrogens is 2. The van der Waals surface area contributed by atoms with Crippen LogP contribution >= 0.6 is 0 Å². The van der Waals surface area contributed by atoms with E-state index in [2.05, 4.69) is 99.7 Å². The van der Waals surface area contributed by atoms with Crippen molar-refractivity contribution in [3.8, 4) is 0 Å². The molecular weight excluding hydrogens is 692 g/mol. The molecular formula is C33H60Br3N4+. The number of rotatable bonds is 20. The first-order valence-electron chi connectivity index (χ1n) is 15.6. The average Bonchev–Trinajstić information content (AvgIpc) is 2.95. The fourth-order valence-corrected chi connectivity index (χ4v) is 5.88. The minimum Gasteiger partial charge on any atom is -1.00 e. The molecule has 2 rings (SSSR count). The number of unbranched alkanes of at least 4 members (excludes halogenated alkanes) is 2. The minimum atomic E-state index is 0. The Kier molecular flexibility index (Phi) is 24.2. The van der Waals surface area contributed by atoms with Crippen LogP contribution in [-0.4, -0.2) is 61.3 Å². The van der Waals surface area contributed by atoms with Crippen LogP contribution in [0.15, 0.2) is 49.1 Å². The van der Waals surface area contributed by atoms with Crippen molar-refractivity contribution in [2.75, 3.05) is 52.4 Å². The molecule has 0 bridgehead atoms. The van der Waals surface area contributed by atoms with E-state index in [0.29, 0.717) is 0 Å². The molecule has 0 aliphatic heterocycles. The van der Waals surface area contributed by atoms with Crippen molar-refractivity contribution in [1.29, 1.82) is 0 Å². The molecule has 4 nitrogen and oxygen atoms in total. The Hall–Kier alpha value is -0.340.